The number of hydrogen-bond donors (Lipinski definition) is 2. The summed E-state index contributed by atoms with van der Waals surface area (Å²) < 4.78 is 5.82. The van der Waals surface area contributed by atoms with Crippen LogP contribution in [0.15, 0.2) is 48.5 Å². The van der Waals surface area contributed by atoms with Gasteiger partial charge in [0.2, 0.25) is 0 Å². The summed E-state index contributed by atoms with van der Waals surface area (Å²) in [5, 5.41) is 19.5. The molecule has 0 bridgehead atoms. The molecule has 0 aliphatic carbocycles. The van der Waals surface area contributed by atoms with Crippen molar-refractivity contribution in [3.05, 3.63) is 65.2 Å². The summed E-state index contributed by atoms with van der Waals surface area (Å²) in [5.74, 6) is 0.851. The second-order valence-corrected chi connectivity index (χ2v) is 5.94. The van der Waals surface area contributed by atoms with E-state index < -0.39 is 12.2 Å². The lowest BCUT2D eigenvalue weighted by Crippen LogP contribution is -2.25. The highest BCUT2D eigenvalue weighted by atomic mass is 16.5. The van der Waals surface area contributed by atoms with Crippen molar-refractivity contribution >= 4 is 0 Å². The van der Waals surface area contributed by atoms with Gasteiger partial charge >= 0.3 is 0 Å². The van der Waals surface area contributed by atoms with E-state index in [0.29, 0.717) is 19.4 Å². The van der Waals surface area contributed by atoms with Gasteiger partial charge in [0.25, 0.3) is 0 Å². The molecule has 2 aromatic carbocycles. The third-order valence-corrected chi connectivity index (χ3v) is 4.13. The highest BCUT2D eigenvalue weighted by Crippen LogP contribution is 2.20. The Hall–Kier alpha value is -1.84. The molecular weight excluding hydrogens is 288 g/mol. The van der Waals surface area contributed by atoms with Crippen LogP contribution in [0.1, 0.15) is 36.5 Å². The van der Waals surface area contributed by atoms with Crippen molar-refractivity contribution in [2.75, 3.05) is 0 Å². The maximum atomic E-state index is 9.86. The Morgan fingerprint density at radius 2 is 1.74 bits per heavy atom. The molecule has 0 aliphatic heterocycles. The van der Waals surface area contributed by atoms with Crippen LogP contribution < -0.4 is 4.74 Å². The first-order valence-electron chi connectivity index (χ1n) is 8.22. The lowest BCUT2D eigenvalue weighted by Gasteiger charge is -2.17. The van der Waals surface area contributed by atoms with Gasteiger partial charge in [0, 0.05) is 0 Å². The zero-order chi connectivity index (χ0) is 16.7. The Morgan fingerprint density at radius 3 is 2.39 bits per heavy atom. The van der Waals surface area contributed by atoms with Gasteiger partial charge in [-0.15, -0.1) is 0 Å². The van der Waals surface area contributed by atoms with Crippen LogP contribution in [0.2, 0.25) is 0 Å². The molecule has 124 valence electrons. The SMILES string of the molecule is CCC(O)C(O)CCc1ccc(OCc2ccccc2)cc1C. The smallest absolute Gasteiger partial charge is 0.120 e. The van der Waals surface area contributed by atoms with Crippen molar-refractivity contribution in [2.45, 2.75) is 51.9 Å². The Labute approximate surface area is 138 Å². The average Bonchev–Trinajstić information content (AvgIpc) is 2.59. The monoisotopic (exact) mass is 314 g/mol. The van der Waals surface area contributed by atoms with Crippen molar-refractivity contribution in [1.29, 1.82) is 0 Å². The Bertz CT molecular complexity index is 595. The molecule has 0 radical (unpaired) electrons. The van der Waals surface area contributed by atoms with E-state index in [1.807, 2.05) is 62.4 Å². The molecular formula is C20H26O3. The second-order valence-electron chi connectivity index (χ2n) is 5.94. The minimum atomic E-state index is -0.659. The van der Waals surface area contributed by atoms with Gasteiger partial charge in [0.15, 0.2) is 0 Å². The molecule has 2 rings (SSSR count). The molecule has 23 heavy (non-hydrogen) atoms. The summed E-state index contributed by atoms with van der Waals surface area (Å²) >= 11 is 0. The number of rotatable bonds is 8. The summed E-state index contributed by atoms with van der Waals surface area (Å²) in [5.41, 5.74) is 3.47. The van der Waals surface area contributed by atoms with Gasteiger partial charge in [-0.3, -0.25) is 0 Å². The summed E-state index contributed by atoms with van der Waals surface area (Å²) in [6.07, 6.45) is 0.604. The highest BCUT2D eigenvalue weighted by molar-refractivity contribution is 5.35. The molecule has 2 aromatic rings. The third-order valence-electron chi connectivity index (χ3n) is 4.13. The summed E-state index contributed by atoms with van der Waals surface area (Å²) in [6.45, 7) is 4.48. The molecule has 3 nitrogen and oxygen atoms in total. The van der Waals surface area contributed by atoms with Crippen LogP contribution in [0.25, 0.3) is 0 Å². The minimum absolute atomic E-state index is 0.557. The Kier molecular flexibility index (Phi) is 6.63. The molecule has 2 N–H and O–H groups in total. The fourth-order valence-corrected chi connectivity index (χ4v) is 2.55. The van der Waals surface area contributed by atoms with Crippen molar-refractivity contribution in [3.63, 3.8) is 0 Å². The molecule has 0 saturated heterocycles. The van der Waals surface area contributed by atoms with Gasteiger partial charge in [-0.05, 0) is 55.0 Å². The average molecular weight is 314 g/mol. The molecule has 0 aliphatic rings. The van der Waals surface area contributed by atoms with Crippen LogP contribution in [0.3, 0.4) is 0 Å². The minimum Gasteiger partial charge on any atom is -0.489 e. The zero-order valence-electron chi connectivity index (χ0n) is 13.9. The number of hydrogen-bond acceptors (Lipinski definition) is 3. The molecule has 0 amide bonds. The molecule has 0 spiro atoms. The van der Waals surface area contributed by atoms with Gasteiger partial charge in [-0.25, -0.2) is 0 Å². The van der Waals surface area contributed by atoms with E-state index in [-0.39, 0.29) is 0 Å². The predicted octanol–water partition coefficient (Wildman–Crippen LogP) is 3.64. The van der Waals surface area contributed by atoms with E-state index in [9.17, 15) is 10.2 Å². The highest BCUT2D eigenvalue weighted by Gasteiger charge is 2.14. The van der Waals surface area contributed by atoms with E-state index in [1.54, 1.807) is 0 Å². The van der Waals surface area contributed by atoms with E-state index >= 15 is 0 Å². The standard InChI is InChI=1S/C20H26O3/c1-3-19(21)20(22)12-10-17-9-11-18(13-15(17)2)23-14-16-7-5-4-6-8-16/h4-9,11,13,19-22H,3,10,12,14H2,1-2H3. The van der Waals surface area contributed by atoms with Crippen molar-refractivity contribution < 1.29 is 14.9 Å². The molecule has 0 saturated carbocycles. The second kappa shape index (κ2) is 8.70. The van der Waals surface area contributed by atoms with Crippen LogP contribution in [0.5, 0.6) is 5.75 Å². The number of ether oxygens (including phenoxy) is 1. The molecule has 2 unspecified atom stereocenters. The van der Waals surface area contributed by atoms with Crippen molar-refractivity contribution in [3.8, 4) is 5.75 Å². The van der Waals surface area contributed by atoms with E-state index in [2.05, 4.69) is 0 Å². The Morgan fingerprint density at radius 1 is 1.00 bits per heavy atom. The van der Waals surface area contributed by atoms with Crippen LogP contribution in [0.4, 0.5) is 0 Å². The fraction of sp³-hybridized carbons (Fsp3) is 0.400. The summed E-state index contributed by atoms with van der Waals surface area (Å²) in [7, 11) is 0. The van der Waals surface area contributed by atoms with Gasteiger partial charge in [-0.1, -0.05) is 43.3 Å². The van der Waals surface area contributed by atoms with Crippen molar-refractivity contribution in [1.82, 2.24) is 0 Å². The topological polar surface area (TPSA) is 49.7 Å². The first-order valence-corrected chi connectivity index (χ1v) is 8.22. The molecule has 2 atom stereocenters. The lowest BCUT2D eigenvalue weighted by atomic mass is 9.99. The normalized spacial score (nSPS) is 13.6. The van der Waals surface area contributed by atoms with Gasteiger partial charge in [0.1, 0.15) is 12.4 Å². The maximum absolute atomic E-state index is 9.86. The first-order chi connectivity index (χ1) is 11.1. The molecule has 0 heterocycles. The van der Waals surface area contributed by atoms with E-state index in [1.165, 1.54) is 5.56 Å². The van der Waals surface area contributed by atoms with Crippen LogP contribution >= 0.6 is 0 Å². The Balaban J connectivity index is 1.90. The molecule has 0 fully saturated rings. The van der Waals surface area contributed by atoms with E-state index in [0.717, 1.165) is 23.3 Å². The number of benzene rings is 2. The van der Waals surface area contributed by atoms with Crippen LogP contribution in [-0.2, 0) is 13.0 Å². The van der Waals surface area contributed by atoms with Gasteiger partial charge in [0.05, 0.1) is 12.2 Å². The number of aryl methyl sites for hydroxylation is 2. The third kappa shape index (κ3) is 5.38. The van der Waals surface area contributed by atoms with Crippen molar-refractivity contribution in [2.24, 2.45) is 0 Å². The predicted molar refractivity (Wildman–Crippen MR) is 92.6 cm³/mol. The molecule has 3 heteroatoms. The molecule has 0 aromatic heterocycles. The first kappa shape index (κ1) is 17.5. The largest absolute Gasteiger partial charge is 0.489 e. The van der Waals surface area contributed by atoms with Gasteiger partial charge in [-0.2, -0.15) is 0 Å². The number of aliphatic hydroxyl groups excluding tert-OH is 2. The lowest BCUT2D eigenvalue weighted by molar-refractivity contribution is 0.0130. The maximum Gasteiger partial charge on any atom is 0.120 e. The van der Waals surface area contributed by atoms with E-state index in [4.69, 9.17) is 4.74 Å². The zero-order valence-corrected chi connectivity index (χ0v) is 13.9. The summed E-state index contributed by atoms with van der Waals surface area (Å²) in [4.78, 5) is 0. The van der Waals surface area contributed by atoms with Gasteiger partial charge < -0.3 is 14.9 Å². The fourth-order valence-electron chi connectivity index (χ4n) is 2.55. The quantitative estimate of drug-likeness (QED) is 0.782. The van der Waals surface area contributed by atoms with Crippen LogP contribution in [0, 0.1) is 6.92 Å². The summed E-state index contributed by atoms with van der Waals surface area (Å²) in [6, 6.07) is 16.1. The number of aliphatic hydroxyl groups is 2. The van der Waals surface area contributed by atoms with Crippen LogP contribution in [-0.4, -0.2) is 22.4 Å².